The minimum atomic E-state index is 0.350. The molecule has 0 bridgehead atoms. The number of anilines is 1. The molecule has 0 N–H and O–H groups in total. The third kappa shape index (κ3) is 2.59. The Balaban J connectivity index is 1.67. The van der Waals surface area contributed by atoms with Gasteiger partial charge in [0.15, 0.2) is 5.65 Å². The molecule has 0 amide bonds. The smallest absolute Gasteiger partial charge is 0.180 e. The van der Waals surface area contributed by atoms with Crippen LogP contribution in [0.5, 0.6) is 5.75 Å². The van der Waals surface area contributed by atoms with Crippen LogP contribution in [0, 0.1) is 0 Å². The molecule has 5 nitrogen and oxygen atoms in total. The summed E-state index contributed by atoms with van der Waals surface area (Å²) in [6.45, 7) is 1.01. The van der Waals surface area contributed by atoms with Gasteiger partial charge in [-0.2, -0.15) is 0 Å². The lowest BCUT2D eigenvalue weighted by Crippen LogP contribution is -2.23. The molecule has 0 radical (unpaired) electrons. The fourth-order valence-corrected chi connectivity index (χ4v) is 3.22. The number of aromatic nitrogens is 3. The number of pyridine rings is 1. The van der Waals surface area contributed by atoms with Crippen LogP contribution in [0.1, 0.15) is 24.4 Å². The number of fused-ring (bicyclic) bond motifs is 1. The summed E-state index contributed by atoms with van der Waals surface area (Å²) in [5.41, 5.74) is 2.83. The summed E-state index contributed by atoms with van der Waals surface area (Å²) in [6.07, 6.45) is 5.67. The molecule has 1 aromatic carbocycles. The van der Waals surface area contributed by atoms with E-state index in [-0.39, 0.29) is 0 Å². The van der Waals surface area contributed by atoms with E-state index in [1.165, 1.54) is 5.56 Å². The lowest BCUT2D eigenvalue weighted by molar-refractivity contribution is 0.414. The minimum Gasteiger partial charge on any atom is -0.497 e. The Morgan fingerprint density at radius 3 is 2.70 bits per heavy atom. The zero-order chi connectivity index (χ0) is 15.6. The van der Waals surface area contributed by atoms with Crippen LogP contribution in [0.2, 0.25) is 0 Å². The number of hydrogen-bond donors (Lipinski definition) is 0. The van der Waals surface area contributed by atoms with E-state index < -0.39 is 0 Å². The first-order valence-electron chi connectivity index (χ1n) is 7.83. The van der Waals surface area contributed by atoms with Gasteiger partial charge in [0.05, 0.1) is 13.2 Å². The van der Waals surface area contributed by atoms with Gasteiger partial charge in [-0.3, -0.25) is 4.98 Å². The average Bonchev–Trinajstić information content (AvgIpc) is 3.11. The highest BCUT2D eigenvalue weighted by Crippen LogP contribution is 2.36. The van der Waals surface area contributed by atoms with Crippen molar-refractivity contribution in [2.24, 2.45) is 0 Å². The Morgan fingerprint density at radius 1 is 1.04 bits per heavy atom. The number of hydrogen-bond acceptors (Lipinski definition) is 5. The molecule has 0 aliphatic carbocycles. The van der Waals surface area contributed by atoms with Crippen LogP contribution in [0.3, 0.4) is 0 Å². The van der Waals surface area contributed by atoms with E-state index in [1.54, 1.807) is 19.5 Å². The Hall–Kier alpha value is -2.69. The van der Waals surface area contributed by atoms with E-state index in [1.807, 2.05) is 24.3 Å². The van der Waals surface area contributed by atoms with Crippen molar-refractivity contribution < 1.29 is 4.74 Å². The van der Waals surface area contributed by atoms with E-state index >= 15 is 0 Å². The summed E-state index contributed by atoms with van der Waals surface area (Å²) in [6, 6.07) is 12.7. The van der Waals surface area contributed by atoms with E-state index in [4.69, 9.17) is 9.72 Å². The van der Waals surface area contributed by atoms with Crippen molar-refractivity contribution in [3.8, 4) is 5.75 Å². The maximum absolute atomic E-state index is 5.25. The van der Waals surface area contributed by atoms with E-state index in [0.29, 0.717) is 11.7 Å². The van der Waals surface area contributed by atoms with E-state index in [0.717, 1.165) is 36.5 Å². The van der Waals surface area contributed by atoms with Crippen molar-refractivity contribution >= 4 is 17.0 Å². The highest BCUT2D eigenvalue weighted by molar-refractivity contribution is 5.71. The van der Waals surface area contributed by atoms with Gasteiger partial charge in [-0.05, 0) is 42.7 Å². The van der Waals surface area contributed by atoms with Gasteiger partial charge in [-0.1, -0.05) is 12.1 Å². The molecule has 4 rings (SSSR count). The Kier molecular flexibility index (Phi) is 3.54. The van der Waals surface area contributed by atoms with Crippen LogP contribution in [0.25, 0.3) is 11.2 Å². The summed E-state index contributed by atoms with van der Waals surface area (Å²) in [7, 11) is 1.69. The van der Waals surface area contributed by atoms with Gasteiger partial charge in [-0.25, -0.2) is 9.97 Å². The molecule has 0 unspecified atom stereocenters. The summed E-state index contributed by atoms with van der Waals surface area (Å²) < 4.78 is 5.25. The first-order valence-corrected chi connectivity index (χ1v) is 7.83. The first-order chi connectivity index (χ1) is 11.3. The van der Waals surface area contributed by atoms with Crippen molar-refractivity contribution in [3.63, 3.8) is 0 Å². The highest BCUT2D eigenvalue weighted by atomic mass is 16.5. The molecule has 1 saturated heterocycles. The molecule has 1 aliphatic heterocycles. The van der Waals surface area contributed by atoms with Gasteiger partial charge in [0.1, 0.15) is 17.1 Å². The summed E-state index contributed by atoms with van der Waals surface area (Å²) in [4.78, 5) is 15.7. The lowest BCUT2D eigenvalue weighted by Gasteiger charge is -2.26. The Bertz CT molecular complexity index is 819. The maximum atomic E-state index is 5.25. The van der Waals surface area contributed by atoms with E-state index in [9.17, 15) is 0 Å². The van der Waals surface area contributed by atoms with E-state index in [2.05, 4.69) is 27.0 Å². The number of benzene rings is 1. The summed E-state index contributed by atoms with van der Waals surface area (Å²) in [5.74, 6) is 1.86. The zero-order valence-corrected chi connectivity index (χ0v) is 13.0. The normalized spacial score (nSPS) is 17.6. The molecule has 0 spiro atoms. The van der Waals surface area contributed by atoms with Gasteiger partial charge < -0.3 is 9.64 Å². The predicted molar refractivity (Wildman–Crippen MR) is 89.6 cm³/mol. The molecule has 3 aromatic rings. The molecular weight excluding hydrogens is 288 g/mol. The fourth-order valence-electron chi connectivity index (χ4n) is 3.22. The van der Waals surface area contributed by atoms with Crippen LogP contribution in [-0.2, 0) is 0 Å². The molecule has 23 heavy (non-hydrogen) atoms. The summed E-state index contributed by atoms with van der Waals surface area (Å²) >= 11 is 0. The molecule has 3 heterocycles. The second-order valence-electron chi connectivity index (χ2n) is 5.69. The Labute approximate surface area is 135 Å². The largest absolute Gasteiger partial charge is 0.497 e. The second kappa shape index (κ2) is 5.83. The monoisotopic (exact) mass is 306 g/mol. The van der Waals surface area contributed by atoms with Gasteiger partial charge in [0.25, 0.3) is 0 Å². The van der Waals surface area contributed by atoms with Crippen LogP contribution >= 0.6 is 0 Å². The predicted octanol–water partition coefficient (Wildman–Crippen LogP) is 3.37. The fraction of sp³-hybridized carbons (Fsp3) is 0.278. The molecule has 0 saturated carbocycles. The molecular formula is C18H18N4O. The molecule has 1 fully saturated rings. The molecule has 116 valence electrons. The quantitative estimate of drug-likeness (QED) is 0.742. The van der Waals surface area contributed by atoms with Gasteiger partial charge in [-0.15, -0.1) is 0 Å². The molecule has 1 aliphatic rings. The molecule has 5 heteroatoms. The third-order valence-electron chi connectivity index (χ3n) is 4.36. The lowest BCUT2D eigenvalue weighted by atomic mass is 10.0. The standard InChI is InChI=1S/C18H18N4O/c1-23-14-6-4-13(5-7-14)16-3-2-12-22(16)17-9-8-15-18(21-17)20-11-10-19-15/h4-11,16H,2-3,12H2,1H3/t16-/m0/s1. The highest BCUT2D eigenvalue weighted by Gasteiger charge is 2.27. The second-order valence-corrected chi connectivity index (χ2v) is 5.69. The SMILES string of the molecule is COc1ccc([C@@H]2CCCN2c2ccc3nccnc3n2)cc1. The van der Waals surface area contributed by atoms with Gasteiger partial charge in [0, 0.05) is 18.9 Å². The molecule has 1 atom stereocenters. The number of nitrogens with zero attached hydrogens (tertiary/aromatic N) is 4. The van der Waals surface area contributed by atoms with Crippen LogP contribution in [-0.4, -0.2) is 28.6 Å². The van der Waals surface area contributed by atoms with Gasteiger partial charge in [0.2, 0.25) is 0 Å². The van der Waals surface area contributed by atoms with Crippen LogP contribution < -0.4 is 9.64 Å². The number of ether oxygens (including phenoxy) is 1. The van der Waals surface area contributed by atoms with Crippen molar-refractivity contribution in [3.05, 3.63) is 54.4 Å². The minimum absolute atomic E-state index is 0.350. The van der Waals surface area contributed by atoms with Crippen LogP contribution in [0.15, 0.2) is 48.8 Å². The Morgan fingerprint density at radius 2 is 1.87 bits per heavy atom. The van der Waals surface area contributed by atoms with Crippen LogP contribution in [0.4, 0.5) is 5.82 Å². The first kappa shape index (κ1) is 13.9. The van der Waals surface area contributed by atoms with Crippen molar-refractivity contribution in [2.75, 3.05) is 18.6 Å². The van der Waals surface area contributed by atoms with Crippen molar-refractivity contribution in [2.45, 2.75) is 18.9 Å². The average molecular weight is 306 g/mol. The maximum Gasteiger partial charge on any atom is 0.180 e. The van der Waals surface area contributed by atoms with Gasteiger partial charge >= 0.3 is 0 Å². The zero-order valence-electron chi connectivity index (χ0n) is 13.0. The number of methoxy groups -OCH3 is 1. The summed E-state index contributed by atoms with van der Waals surface area (Å²) in [5, 5.41) is 0. The number of rotatable bonds is 3. The topological polar surface area (TPSA) is 51.1 Å². The third-order valence-corrected chi connectivity index (χ3v) is 4.36. The van der Waals surface area contributed by atoms with Crippen molar-refractivity contribution in [1.29, 1.82) is 0 Å². The van der Waals surface area contributed by atoms with Crippen molar-refractivity contribution in [1.82, 2.24) is 15.0 Å². The molecule has 2 aromatic heterocycles.